The van der Waals surface area contributed by atoms with Crippen molar-refractivity contribution in [3.63, 3.8) is 0 Å². The van der Waals surface area contributed by atoms with Crippen LogP contribution in [-0.2, 0) is 4.79 Å². The molecule has 2 rings (SSSR count). The Hall–Kier alpha value is -1.06. The molecule has 0 spiro atoms. The van der Waals surface area contributed by atoms with Crippen molar-refractivity contribution in [3.8, 4) is 0 Å². The van der Waals surface area contributed by atoms with Gasteiger partial charge in [0.05, 0.1) is 11.5 Å². The van der Waals surface area contributed by atoms with Crippen LogP contribution in [0.15, 0.2) is 24.3 Å². The largest absolute Gasteiger partial charge is 0.349 e. The van der Waals surface area contributed by atoms with E-state index < -0.39 is 0 Å². The average Bonchev–Trinajstić information content (AvgIpc) is 2.95. The Morgan fingerprint density at radius 2 is 2.24 bits per heavy atom. The molecule has 1 amide bonds. The van der Waals surface area contributed by atoms with E-state index in [0.29, 0.717) is 10.9 Å². The minimum absolute atomic E-state index is 0.0208. The van der Waals surface area contributed by atoms with Gasteiger partial charge in [0.25, 0.3) is 0 Å². The van der Waals surface area contributed by atoms with Crippen LogP contribution in [0.25, 0.3) is 0 Å². The fraction of sp³-hybridized carbons (Fsp3) is 0.588. The van der Waals surface area contributed by atoms with E-state index in [1.165, 1.54) is 0 Å². The molecule has 1 aliphatic rings. The van der Waals surface area contributed by atoms with Gasteiger partial charge in [-0.3, -0.25) is 4.79 Å². The zero-order valence-electron chi connectivity index (χ0n) is 13.1. The molecule has 4 heteroatoms. The van der Waals surface area contributed by atoms with Crippen molar-refractivity contribution in [1.82, 2.24) is 10.6 Å². The van der Waals surface area contributed by atoms with Crippen molar-refractivity contribution in [3.05, 3.63) is 34.9 Å². The number of hydrogen-bond donors (Lipinski definition) is 2. The highest BCUT2D eigenvalue weighted by Gasteiger charge is 2.44. The molecular weight excluding hydrogens is 284 g/mol. The van der Waals surface area contributed by atoms with Crippen LogP contribution in [0.1, 0.15) is 45.2 Å². The molecule has 2 unspecified atom stereocenters. The van der Waals surface area contributed by atoms with Crippen LogP contribution >= 0.6 is 11.6 Å². The second-order valence-corrected chi connectivity index (χ2v) is 6.66. The van der Waals surface area contributed by atoms with E-state index in [9.17, 15) is 4.79 Å². The Kier molecular flexibility index (Phi) is 5.28. The van der Waals surface area contributed by atoms with Gasteiger partial charge in [0.2, 0.25) is 5.91 Å². The molecule has 0 bridgehead atoms. The van der Waals surface area contributed by atoms with Crippen molar-refractivity contribution >= 4 is 17.5 Å². The van der Waals surface area contributed by atoms with Crippen molar-refractivity contribution in [1.29, 1.82) is 0 Å². The fourth-order valence-corrected chi connectivity index (χ4v) is 3.31. The number of hydrogen-bond acceptors (Lipinski definition) is 2. The van der Waals surface area contributed by atoms with Crippen LogP contribution in [0, 0.1) is 11.3 Å². The van der Waals surface area contributed by atoms with Gasteiger partial charge < -0.3 is 10.6 Å². The first-order valence-corrected chi connectivity index (χ1v) is 8.14. The molecule has 1 heterocycles. The molecule has 1 aromatic carbocycles. The molecule has 21 heavy (non-hydrogen) atoms. The summed E-state index contributed by atoms with van der Waals surface area (Å²) >= 11 is 6.06. The Morgan fingerprint density at radius 1 is 1.48 bits per heavy atom. The van der Waals surface area contributed by atoms with Gasteiger partial charge in [-0.2, -0.15) is 0 Å². The van der Waals surface area contributed by atoms with Gasteiger partial charge in [-0.05, 0) is 43.0 Å². The van der Waals surface area contributed by atoms with Crippen LogP contribution in [0.5, 0.6) is 0 Å². The zero-order valence-corrected chi connectivity index (χ0v) is 13.8. The molecule has 2 N–H and O–H groups in total. The first kappa shape index (κ1) is 16.3. The lowest BCUT2D eigenvalue weighted by Crippen LogP contribution is -2.47. The number of nitrogens with one attached hydrogen (secondary N) is 2. The third-order valence-electron chi connectivity index (χ3n) is 4.71. The molecule has 1 saturated heterocycles. The van der Waals surface area contributed by atoms with Crippen LogP contribution in [0.3, 0.4) is 0 Å². The topological polar surface area (TPSA) is 41.1 Å². The van der Waals surface area contributed by atoms with Gasteiger partial charge in [-0.25, -0.2) is 0 Å². The van der Waals surface area contributed by atoms with Gasteiger partial charge in [0, 0.05) is 11.6 Å². The molecule has 116 valence electrons. The van der Waals surface area contributed by atoms with Crippen LogP contribution in [0.2, 0.25) is 5.02 Å². The molecule has 1 aliphatic heterocycles. The molecule has 0 radical (unpaired) electrons. The Labute approximate surface area is 132 Å². The van der Waals surface area contributed by atoms with E-state index in [1.807, 2.05) is 24.3 Å². The number of rotatable bonds is 5. The molecule has 0 aliphatic carbocycles. The van der Waals surface area contributed by atoms with E-state index in [1.54, 1.807) is 0 Å². The molecular formula is C17H25ClN2O. The standard InChI is InChI=1S/C17H25ClN2O/c1-4-15(13-6-5-7-14(18)10-13)20-16(21)17(12(2)3)8-9-19-11-17/h5-7,10,12,15,19H,4,8-9,11H2,1-3H3,(H,20,21). The van der Waals surface area contributed by atoms with Gasteiger partial charge in [-0.1, -0.05) is 44.5 Å². The highest BCUT2D eigenvalue weighted by Crippen LogP contribution is 2.35. The van der Waals surface area contributed by atoms with E-state index in [2.05, 4.69) is 31.4 Å². The zero-order chi connectivity index (χ0) is 15.5. The summed E-state index contributed by atoms with van der Waals surface area (Å²) < 4.78 is 0. The summed E-state index contributed by atoms with van der Waals surface area (Å²) in [7, 11) is 0. The van der Waals surface area contributed by atoms with Crippen molar-refractivity contribution < 1.29 is 4.79 Å². The van der Waals surface area contributed by atoms with Crippen molar-refractivity contribution in [2.75, 3.05) is 13.1 Å². The lowest BCUT2D eigenvalue weighted by Gasteiger charge is -2.33. The number of halogens is 1. The van der Waals surface area contributed by atoms with E-state index in [0.717, 1.165) is 31.5 Å². The van der Waals surface area contributed by atoms with E-state index in [4.69, 9.17) is 11.6 Å². The maximum Gasteiger partial charge on any atom is 0.228 e. The van der Waals surface area contributed by atoms with Gasteiger partial charge in [-0.15, -0.1) is 0 Å². The first-order valence-electron chi connectivity index (χ1n) is 7.76. The minimum Gasteiger partial charge on any atom is -0.349 e. The Morgan fingerprint density at radius 3 is 2.76 bits per heavy atom. The number of amides is 1. The summed E-state index contributed by atoms with van der Waals surface area (Å²) in [4.78, 5) is 12.9. The molecule has 2 atom stereocenters. The summed E-state index contributed by atoms with van der Waals surface area (Å²) in [5.74, 6) is 0.485. The molecule has 1 aromatic rings. The van der Waals surface area contributed by atoms with E-state index in [-0.39, 0.29) is 17.4 Å². The second kappa shape index (κ2) is 6.80. The van der Waals surface area contributed by atoms with Crippen LogP contribution in [0.4, 0.5) is 0 Å². The third kappa shape index (κ3) is 3.41. The van der Waals surface area contributed by atoms with Gasteiger partial charge in [0.15, 0.2) is 0 Å². The Bertz CT molecular complexity index is 495. The van der Waals surface area contributed by atoms with Gasteiger partial charge in [0.1, 0.15) is 0 Å². The minimum atomic E-state index is -0.286. The molecule has 1 fully saturated rings. The van der Waals surface area contributed by atoms with Crippen LogP contribution in [-0.4, -0.2) is 19.0 Å². The second-order valence-electron chi connectivity index (χ2n) is 6.23. The van der Waals surface area contributed by atoms with Crippen molar-refractivity contribution in [2.24, 2.45) is 11.3 Å². The average molecular weight is 309 g/mol. The van der Waals surface area contributed by atoms with Crippen LogP contribution < -0.4 is 10.6 Å². The predicted molar refractivity (Wildman–Crippen MR) is 87.4 cm³/mol. The smallest absolute Gasteiger partial charge is 0.228 e. The van der Waals surface area contributed by atoms with Crippen molar-refractivity contribution in [2.45, 2.75) is 39.7 Å². The summed E-state index contributed by atoms with van der Waals surface area (Å²) in [6, 6.07) is 7.77. The highest BCUT2D eigenvalue weighted by atomic mass is 35.5. The van der Waals surface area contributed by atoms with Gasteiger partial charge >= 0.3 is 0 Å². The maximum atomic E-state index is 12.9. The molecule has 3 nitrogen and oxygen atoms in total. The maximum absolute atomic E-state index is 12.9. The summed E-state index contributed by atoms with van der Waals surface area (Å²) in [5, 5.41) is 7.28. The SMILES string of the molecule is CCC(NC(=O)C1(C(C)C)CCNC1)c1cccc(Cl)c1. The normalized spacial score (nSPS) is 23.3. The summed E-state index contributed by atoms with van der Waals surface area (Å²) in [6.45, 7) is 8.03. The predicted octanol–water partition coefficient (Wildman–Crippen LogP) is 3.54. The third-order valence-corrected chi connectivity index (χ3v) is 4.95. The summed E-state index contributed by atoms with van der Waals surface area (Å²) in [6.07, 6.45) is 1.76. The highest BCUT2D eigenvalue weighted by molar-refractivity contribution is 6.30. The lowest BCUT2D eigenvalue weighted by atomic mass is 9.75. The quantitative estimate of drug-likeness (QED) is 0.873. The number of carbonyl (C=O) groups is 1. The Balaban J connectivity index is 2.16. The first-order chi connectivity index (χ1) is 9.99. The monoisotopic (exact) mass is 308 g/mol. The summed E-state index contributed by atoms with van der Waals surface area (Å²) in [5.41, 5.74) is 0.787. The fourth-order valence-electron chi connectivity index (χ4n) is 3.11. The lowest BCUT2D eigenvalue weighted by molar-refractivity contribution is -0.133. The van der Waals surface area contributed by atoms with E-state index >= 15 is 0 Å². The molecule has 0 aromatic heterocycles. The number of benzene rings is 1. The number of carbonyl (C=O) groups excluding carboxylic acids is 1. The molecule has 0 saturated carbocycles.